The quantitative estimate of drug-likeness (QED) is 0.417. The van der Waals surface area contributed by atoms with Gasteiger partial charge in [-0.2, -0.15) is 0 Å². The molecule has 0 aromatic rings. The Bertz CT molecular complexity index is 148. The molecule has 0 heterocycles. The van der Waals surface area contributed by atoms with Crippen LogP contribution >= 0.6 is 0 Å². The second kappa shape index (κ2) is 10.4. The Morgan fingerprint density at radius 2 is 2.07 bits per heavy atom. The summed E-state index contributed by atoms with van der Waals surface area (Å²) in [6.45, 7) is 12.9. The second-order valence-corrected chi connectivity index (χ2v) is 3.07. The first-order valence-electron chi connectivity index (χ1n) is 4.99. The zero-order valence-electron chi connectivity index (χ0n) is 9.17. The minimum absolute atomic E-state index is 0.773. The van der Waals surface area contributed by atoms with Crippen molar-refractivity contribution < 1.29 is 4.74 Å². The smallest absolute Gasteiger partial charge is 0.0589 e. The molecule has 0 spiro atoms. The van der Waals surface area contributed by atoms with Crippen LogP contribution < -0.4 is 5.32 Å². The lowest BCUT2D eigenvalue weighted by Gasteiger charge is -2.19. The molecule has 3 nitrogen and oxygen atoms in total. The number of rotatable bonds is 10. The van der Waals surface area contributed by atoms with Gasteiger partial charge in [-0.15, -0.1) is 13.2 Å². The fraction of sp³-hybridized carbons (Fsp3) is 0.636. The van der Waals surface area contributed by atoms with E-state index in [1.165, 1.54) is 0 Å². The summed E-state index contributed by atoms with van der Waals surface area (Å²) in [5.74, 6) is 0. The van der Waals surface area contributed by atoms with Crippen LogP contribution in [0.5, 0.6) is 0 Å². The Hall–Kier alpha value is -0.640. The Morgan fingerprint density at radius 3 is 2.64 bits per heavy atom. The fourth-order valence-electron chi connectivity index (χ4n) is 1.14. The van der Waals surface area contributed by atoms with Crippen LogP contribution in [-0.2, 0) is 4.74 Å². The van der Waals surface area contributed by atoms with Gasteiger partial charge >= 0.3 is 0 Å². The Labute approximate surface area is 87.4 Å². The van der Waals surface area contributed by atoms with Crippen molar-refractivity contribution in [3.8, 4) is 0 Å². The molecule has 0 aliphatic carbocycles. The van der Waals surface area contributed by atoms with Gasteiger partial charge in [0.2, 0.25) is 0 Å². The van der Waals surface area contributed by atoms with Crippen LogP contribution in [0.3, 0.4) is 0 Å². The average Bonchev–Trinajstić information content (AvgIpc) is 2.20. The van der Waals surface area contributed by atoms with Gasteiger partial charge in [0.15, 0.2) is 0 Å². The molecule has 1 N–H and O–H groups in total. The van der Waals surface area contributed by atoms with Gasteiger partial charge in [-0.3, -0.25) is 4.90 Å². The van der Waals surface area contributed by atoms with Crippen molar-refractivity contribution in [3.63, 3.8) is 0 Å². The number of hydrogen-bond acceptors (Lipinski definition) is 3. The van der Waals surface area contributed by atoms with E-state index in [-0.39, 0.29) is 0 Å². The van der Waals surface area contributed by atoms with Gasteiger partial charge in [-0.05, 0) is 0 Å². The number of ether oxygens (including phenoxy) is 1. The standard InChI is InChI=1S/C11H22N2O/c1-4-6-12-7-9-13(8-5-2)10-11-14-3/h4-5,12H,1-2,6-11H2,3H3. The molecule has 0 amide bonds. The summed E-state index contributed by atoms with van der Waals surface area (Å²) in [5.41, 5.74) is 0. The van der Waals surface area contributed by atoms with Crippen molar-refractivity contribution in [2.75, 3.05) is 46.4 Å². The molecule has 14 heavy (non-hydrogen) atoms. The normalized spacial score (nSPS) is 10.4. The molecule has 0 bridgehead atoms. The van der Waals surface area contributed by atoms with Gasteiger partial charge in [0.1, 0.15) is 0 Å². The van der Waals surface area contributed by atoms with Gasteiger partial charge in [0.25, 0.3) is 0 Å². The Morgan fingerprint density at radius 1 is 1.29 bits per heavy atom. The molecule has 3 heteroatoms. The zero-order chi connectivity index (χ0) is 10.6. The van der Waals surface area contributed by atoms with Crippen molar-refractivity contribution in [1.82, 2.24) is 10.2 Å². The third-order valence-electron chi connectivity index (χ3n) is 1.89. The Kier molecular flexibility index (Phi) is 9.96. The van der Waals surface area contributed by atoms with Crippen molar-refractivity contribution in [2.45, 2.75) is 0 Å². The van der Waals surface area contributed by atoms with Gasteiger partial charge in [0.05, 0.1) is 6.61 Å². The van der Waals surface area contributed by atoms with E-state index in [2.05, 4.69) is 23.4 Å². The molecule has 82 valence electrons. The van der Waals surface area contributed by atoms with Crippen LogP contribution in [0.15, 0.2) is 25.3 Å². The van der Waals surface area contributed by atoms with Gasteiger partial charge < -0.3 is 10.1 Å². The molecule has 0 atom stereocenters. The summed E-state index contributed by atoms with van der Waals surface area (Å²) in [7, 11) is 1.72. The minimum Gasteiger partial charge on any atom is -0.383 e. The lowest BCUT2D eigenvalue weighted by Crippen LogP contribution is -2.34. The number of nitrogens with zero attached hydrogens (tertiary/aromatic N) is 1. The first kappa shape index (κ1) is 13.4. The summed E-state index contributed by atoms with van der Waals surface area (Å²) >= 11 is 0. The van der Waals surface area contributed by atoms with E-state index in [0.717, 1.165) is 39.3 Å². The molecule has 0 aromatic heterocycles. The van der Waals surface area contributed by atoms with Gasteiger partial charge in [-0.1, -0.05) is 12.2 Å². The first-order valence-corrected chi connectivity index (χ1v) is 4.99. The molecular weight excluding hydrogens is 176 g/mol. The van der Waals surface area contributed by atoms with Gasteiger partial charge in [-0.25, -0.2) is 0 Å². The van der Waals surface area contributed by atoms with E-state index in [0.29, 0.717) is 0 Å². The maximum atomic E-state index is 5.03. The number of nitrogens with one attached hydrogen (secondary N) is 1. The lowest BCUT2D eigenvalue weighted by molar-refractivity contribution is 0.155. The summed E-state index contributed by atoms with van der Waals surface area (Å²) in [6.07, 6.45) is 3.79. The van der Waals surface area contributed by atoms with Gasteiger partial charge in [0, 0.05) is 39.8 Å². The van der Waals surface area contributed by atoms with Crippen LogP contribution in [-0.4, -0.2) is 51.3 Å². The summed E-state index contributed by atoms with van der Waals surface area (Å²) in [5, 5.41) is 3.27. The van der Waals surface area contributed by atoms with Crippen LogP contribution in [0.25, 0.3) is 0 Å². The number of hydrogen-bond donors (Lipinski definition) is 1. The predicted molar refractivity (Wildman–Crippen MR) is 61.6 cm³/mol. The maximum absolute atomic E-state index is 5.03. The van der Waals surface area contributed by atoms with Crippen molar-refractivity contribution in [3.05, 3.63) is 25.3 Å². The number of methoxy groups -OCH3 is 1. The van der Waals surface area contributed by atoms with E-state index in [4.69, 9.17) is 4.74 Å². The van der Waals surface area contributed by atoms with Crippen LogP contribution in [0.2, 0.25) is 0 Å². The van der Waals surface area contributed by atoms with Crippen molar-refractivity contribution >= 4 is 0 Å². The molecule has 0 unspecified atom stereocenters. The highest BCUT2D eigenvalue weighted by atomic mass is 16.5. The molecule has 0 fully saturated rings. The third-order valence-corrected chi connectivity index (χ3v) is 1.89. The highest BCUT2D eigenvalue weighted by molar-refractivity contribution is 4.75. The molecule has 0 aromatic carbocycles. The predicted octanol–water partition coefficient (Wildman–Crippen LogP) is 0.896. The summed E-state index contributed by atoms with van der Waals surface area (Å²) < 4.78 is 5.03. The minimum atomic E-state index is 0.773. The summed E-state index contributed by atoms with van der Waals surface area (Å²) in [6, 6.07) is 0. The van der Waals surface area contributed by atoms with E-state index in [9.17, 15) is 0 Å². The molecule has 0 saturated heterocycles. The van der Waals surface area contributed by atoms with E-state index in [1.54, 1.807) is 7.11 Å². The lowest BCUT2D eigenvalue weighted by atomic mass is 10.4. The van der Waals surface area contributed by atoms with E-state index >= 15 is 0 Å². The Balaban J connectivity index is 3.49. The fourth-order valence-corrected chi connectivity index (χ4v) is 1.14. The van der Waals surface area contributed by atoms with E-state index in [1.807, 2.05) is 12.2 Å². The van der Waals surface area contributed by atoms with Crippen LogP contribution in [0, 0.1) is 0 Å². The first-order chi connectivity index (χ1) is 6.85. The van der Waals surface area contributed by atoms with Crippen molar-refractivity contribution in [2.24, 2.45) is 0 Å². The van der Waals surface area contributed by atoms with Crippen LogP contribution in [0.1, 0.15) is 0 Å². The molecule has 0 radical (unpaired) electrons. The summed E-state index contributed by atoms with van der Waals surface area (Å²) in [4.78, 5) is 2.30. The van der Waals surface area contributed by atoms with Crippen molar-refractivity contribution in [1.29, 1.82) is 0 Å². The molecule has 0 aliphatic rings. The topological polar surface area (TPSA) is 24.5 Å². The van der Waals surface area contributed by atoms with E-state index < -0.39 is 0 Å². The SMILES string of the molecule is C=CCNCCN(CC=C)CCOC. The third kappa shape index (κ3) is 7.98. The second-order valence-electron chi connectivity index (χ2n) is 3.07. The maximum Gasteiger partial charge on any atom is 0.0589 e. The zero-order valence-corrected chi connectivity index (χ0v) is 9.17. The largest absolute Gasteiger partial charge is 0.383 e. The molecule has 0 rings (SSSR count). The monoisotopic (exact) mass is 198 g/mol. The highest BCUT2D eigenvalue weighted by Gasteiger charge is 2.00. The average molecular weight is 198 g/mol. The molecular formula is C11H22N2O. The molecule has 0 saturated carbocycles. The highest BCUT2D eigenvalue weighted by Crippen LogP contribution is 1.87. The molecule has 0 aliphatic heterocycles. The van der Waals surface area contributed by atoms with Crippen LogP contribution in [0.4, 0.5) is 0 Å².